The van der Waals surface area contributed by atoms with Gasteiger partial charge in [-0.05, 0) is 53.8 Å². The summed E-state index contributed by atoms with van der Waals surface area (Å²) in [5.74, 6) is 0. The van der Waals surface area contributed by atoms with Crippen LogP contribution in [0.1, 0.15) is 6.92 Å². The second-order valence-corrected chi connectivity index (χ2v) is 3.66. The van der Waals surface area contributed by atoms with Crippen molar-refractivity contribution in [3.8, 4) is 0 Å². The van der Waals surface area contributed by atoms with E-state index < -0.39 is 0 Å². The van der Waals surface area contributed by atoms with Crippen LogP contribution < -0.4 is 5.32 Å². The molecule has 1 aromatic carbocycles. The fraction of sp³-hybridized carbons (Fsp3) is 0.111. The van der Waals surface area contributed by atoms with Crippen molar-refractivity contribution in [3.05, 3.63) is 40.1 Å². The van der Waals surface area contributed by atoms with Crippen molar-refractivity contribution in [2.75, 3.05) is 5.32 Å². The van der Waals surface area contributed by atoms with Gasteiger partial charge in [0.05, 0.1) is 0 Å². The highest BCUT2D eigenvalue weighted by atomic mass is 127. The SMILES string of the molecule is C=C(C)Nc1ccc(I)cc1. The summed E-state index contributed by atoms with van der Waals surface area (Å²) in [6, 6.07) is 8.20. The molecule has 0 fully saturated rings. The lowest BCUT2D eigenvalue weighted by Gasteiger charge is -2.03. The molecule has 0 aliphatic heterocycles. The molecular formula is C9H10IN. The fourth-order valence-corrected chi connectivity index (χ4v) is 1.14. The summed E-state index contributed by atoms with van der Waals surface area (Å²) < 4.78 is 1.25. The first kappa shape index (κ1) is 8.59. The average Bonchev–Trinajstić information content (AvgIpc) is 1.93. The molecule has 0 spiro atoms. The Kier molecular flexibility index (Phi) is 2.93. The summed E-state index contributed by atoms with van der Waals surface area (Å²) in [6.45, 7) is 5.70. The highest BCUT2D eigenvalue weighted by molar-refractivity contribution is 14.1. The van der Waals surface area contributed by atoms with Crippen molar-refractivity contribution >= 4 is 28.3 Å². The second kappa shape index (κ2) is 3.76. The van der Waals surface area contributed by atoms with Crippen LogP contribution in [-0.4, -0.2) is 0 Å². The van der Waals surface area contributed by atoms with Gasteiger partial charge in [-0.15, -0.1) is 0 Å². The molecule has 0 saturated carbocycles. The number of benzene rings is 1. The van der Waals surface area contributed by atoms with E-state index in [1.165, 1.54) is 3.57 Å². The van der Waals surface area contributed by atoms with Gasteiger partial charge in [0.2, 0.25) is 0 Å². The van der Waals surface area contributed by atoms with Crippen molar-refractivity contribution in [3.63, 3.8) is 0 Å². The number of nitrogens with one attached hydrogen (secondary N) is 1. The number of hydrogen-bond donors (Lipinski definition) is 1. The van der Waals surface area contributed by atoms with Gasteiger partial charge in [0.15, 0.2) is 0 Å². The molecule has 11 heavy (non-hydrogen) atoms. The van der Waals surface area contributed by atoms with Crippen LogP contribution in [0.25, 0.3) is 0 Å². The minimum absolute atomic E-state index is 0.964. The molecule has 1 N–H and O–H groups in total. The highest BCUT2D eigenvalue weighted by Crippen LogP contribution is 2.12. The molecular weight excluding hydrogens is 249 g/mol. The lowest BCUT2D eigenvalue weighted by Crippen LogP contribution is -1.92. The van der Waals surface area contributed by atoms with E-state index >= 15 is 0 Å². The van der Waals surface area contributed by atoms with Gasteiger partial charge in [0.25, 0.3) is 0 Å². The van der Waals surface area contributed by atoms with Gasteiger partial charge in [-0.1, -0.05) is 6.58 Å². The predicted molar refractivity (Wildman–Crippen MR) is 57.6 cm³/mol. The molecule has 0 aliphatic rings. The average molecular weight is 259 g/mol. The lowest BCUT2D eigenvalue weighted by molar-refractivity contribution is 1.39. The van der Waals surface area contributed by atoms with Gasteiger partial charge in [0.1, 0.15) is 0 Å². The third kappa shape index (κ3) is 2.93. The standard InChI is InChI=1S/C9H10IN/c1-7(2)11-9-5-3-8(10)4-6-9/h3-6,11H,1H2,2H3. The van der Waals surface area contributed by atoms with E-state index in [0.717, 1.165) is 11.4 Å². The number of rotatable bonds is 2. The quantitative estimate of drug-likeness (QED) is 0.804. The Balaban J connectivity index is 2.74. The molecule has 0 aliphatic carbocycles. The molecule has 1 nitrogen and oxygen atoms in total. The summed E-state index contributed by atoms with van der Waals surface area (Å²) >= 11 is 2.28. The van der Waals surface area contributed by atoms with Crippen molar-refractivity contribution in [2.24, 2.45) is 0 Å². The fourth-order valence-electron chi connectivity index (χ4n) is 0.780. The lowest BCUT2D eigenvalue weighted by atomic mass is 10.3. The molecule has 1 aromatic rings. The van der Waals surface area contributed by atoms with E-state index in [2.05, 4.69) is 46.6 Å². The molecule has 0 amide bonds. The van der Waals surface area contributed by atoms with Gasteiger partial charge in [-0.25, -0.2) is 0 Å². The second-order valence-electron chi connectivity index (χ2n) is 2.41. The monoisotopic (exact) mass is 259 g/mol. The van der Waals surface area contributed by atoms with Crippen LogP contribution in [0.5, 0.6) is 0 Å². The van der Waals surface area contributed by atoms with Gasteiger partial charge in [-0.2, -0.15) is 0 Å². The molecule has 0 heterocycles. The smallest absolute Gasteiger partial charge is 0.0382 e. The first-order chi connectivity index (χ1) is 5.18. The van der Waals surface area contributed by atoms with Crippen LogP contribution in [0, 0.1) is 3.57 Å². The Morgan fingerprint density at radius 2 is 1.91 bits per heavy atom. The Hall–Kier alpha value is -0.510. The topological polar surface area (TPSA) is 12.0 Å². The van der Waals surface area contributed by atoms with E-state index in [1.54, 1.807) is 0 Å². The van der Waals surface area contributed by atoms with Crippen LogP contribution >= 0.6 is 22.6 Å². The molecule has 0 atom stereocenters. The highest BCUT2D eigenvalue weighted by Gasteiger charge is 1.89. The molecule has 58 valence electrons. The van der Waals surface area contributed by atoms with Crippen molar-refractivity contribution < 1.29 is 0 Å². The maximum Gasteiger partial charge on any atom is 0.0382 e. The molecule has 0 unspecified atom stereocenters. The molecule has 0 radical (unpaired) electrons. The Morgan fingerprint density at radius 3 is 2.36 bits per heavy atom. The normalized spacial score (nSPS) is 9.27. The van der Waals surface area contributed by atoms with Crippen LogP contribution in [-0.2, 0) is 0 Å². The molecule has 0 bridgehead atoms. The maximum absolute atomic E-state index is 3.76. The van der Waals surface area contributed by atoms with E-state index in [9.17, 15) is 0 Å². The van der Waals surface area contributed by atoms with Crippen molar-refractivity contribution in [2.45, 2.75) is 6.92 Å². The molecule has 1 rings (SSSR count). The summed E-state index contributed by atoms with van der Waals surface area (Å²) in [5, 5.41) is 3.13. The van der Waals surface area contributed by atoms with Crippen molar-refractivity contribution in [1.82, 2.24) is 0 Å². The van der Waals surface area contributed by atoms with Crippen molar-refractivity contribution in [1.29, 1.82) is 0 Å². The third-order valence-corrected chi connectivity index (χ3v) is 1.92. The van der Waals surface area contributed by atoms with Crippen LogP contribution in [0.4, 0.5) is 5.69 Å². The predicted octanol–water partition coefficient (Wildman–Crippen LogP) is 3.24. The van der Waals surface area contributed by atoms with E-state index in [4.69, 9.17) is 0 Å². The van der Waals surface area contributed by atoms with Gasteiger partial charge < -0.3 is 5.32 Å². The van der Waals surface area contributed by atoms with Crippen LogP contribution in [0.2, 0.25) is 0 Å². The summed E-state index contributed by atoms with van der Waals surface area (Å²) in [5.41, 5.74) is 2.06. The Morgan fingerprint density at radius 1 is 1.36 bits per heavy atom. The van der Waals surface area contributed by atoms with E-state index in [0.29, 0.717) is 0 Å². The minimum Gasteiger partial charge on any atom is -0.360 e. The third-order valence-electron chi connectivity index (χ3n) is 1.20. The Labute approximate surface area is 80.6 Å². The van der Waals surface area contributed by atoms with E-state index in [1.807, 2.05) is 19.1 Å². The largest absolute Gasteiger partial charge is 0.360 e. The first-order valence-corrected chi connectivity index (χ1v) is 4.44. The van der Waals surface area contributed by atoms with Gasteiger partial charge in [-0.3, -0.25) is 0 Å². The zero-order valence-corrected chi connectivity index (χ0v) is 8.55. The zero-order valence-electron chi connectivity index (χ0n) is 6.39. The maximum atomic E-state index is 3.76. The Bertz CT molecular complexity index is 251. The number of anilines is 1. The van der Waals surface area contributed by atoms with Gasteiger partial charge >= 0.3 is 0 Å². The number of allylic oxidation sites excluding steroid dienone is 1. The summed E-state index contributed by atoms with van der Waals surface area (Å²) in [4.78, 5) is 0. The molecule has 0 saturated heterocycles. The van der Waals surface area contributed by atoms with Crippen LogP contribution in [0.3, 0.4) is 0 Å². The number of hydrogen-bond acceptors (Lipinski definition) is 1. The minimum atomic E-state index is 0.964. The summed E-state index contributed by atoms with van der Waals surface area (Å²) in [7, 11) is 0. The van der Waals surface area contributed by atoms with Crippen LogP contribution in [0.15, 0.2) is 36.5 Å². The molecule has 0 aromatic heterocycles. The van der Waals surface area contributed by atoms with E-state index in [-0.39, 0.29) is 0 Å². The first-order valence-electron chi connectivity index (χ1n) is 3.36. The number of halogens is 1. The van der Waals surface area contributed by atoms with Gasteiger partial charge in [0, 0.05) is 15.0 Å². The summed E-state index contributed by atoms with van der Waals surface area (Å²) in [6.07, 6.45) is 0. The zero-order chi connectivity index (χ0) is 8.27. The molecule has 2 heteroatoms.